The van der Waals surface area contributed by atoms with Crippen LogP contribution in [0.5, 0.6) is 0 Å². The average molecular weight is 346 g/mol. The highest BCUT2D eigenvalue weighted by molar-refractivity contribution is 6.45. The van der Waals surface area contributed by atoms with Gasteiger partial charge in [-0.2, -0.15) is 0 Å². The van der Waals surface area contributed by atoms with Crippen LogP contribution in [0.15, 0.2) is 30.5 Å². The molecular weight excluding hydrogens is 339 g/mol. The molecule has 0 saturated carbocycles. The number of carbonyl (C=O) groups excluding carboxylic acids is 1. The van der Waals surface area contributed by atoms with E-state index in [1.54, 1.807) is 0 Å². The Kier molecular flexibility index (Phi) is 4.67. The number of anilines is 1. The molecule has 0 saturated heterocycles. The van der Waals surface area contributed by atoms with Gasteiger partial charge in [-0.25, -0.2) is 9.78 Å². The first-order valence-corrected chi connectivity index (χ1v) is 6.67. The molecule has 21 heavy (non-hydrogen) atoms. The number of pyridine rings is 1. The number of benzene rings is 1. The Bertz CT molecular complexity index is 717. The molecule has 8 heteroatoms. The lowest BCUT2D eigenvalue weighted by Crippen LogP contribution is -2.14. The summed E-state index contributed by atoms with van der Waals surface area (Å²) in [5.74, 6) is -1.48. The van der Waals surface area contributed by atoms with Crippen LogP contribution in [-0.4, -0.2) is 22.0 Å². The number of aromatic carboxylic acids is 1. The Labute approximate surface area is 134 Å². The predicted octanol–water partition coefficient (Wildman–Crippen LogP) is 3.99. The number of hydrogen-bond acceptors (Lipinski definition) is 3. The maximum absolute atomic E-state index is 12.1. The number of carboxylic acid groups (broad SMARTS) is 1. The van der Waals surface area contributed by atoms with Crippen LogP contribution < -0.4 is 5.32 Å². The van der Waals surface area contributed by atoms with Crippen LogP contribution in [0, 0.1) is 0 Å². The smallest absolute Gasteiger partial charge is 0.337 e. The molecule has 0 bridgehead atoms. The number of carbonyl (C=O) groups is 2. The molecule has 5 nitrogen and oxygen atoms in total. The Hall–Kier alpha value is -1.82. The van der Waals surface area contributed by atoms with E-state index >= 15 is 0 Å². The predicted molar refractivity (Wildman–Crippen MR) is 80.6 cm³/mol. The molecular formula is C13H7Cl3N2O3. The highest BCUT2D eigenvalue weighted by Gasteiger charge is 2.15. The molecule has 1 amide bonds. The van der Waals surface area contributed by atoms with Gasteiger partial charge in [0, 0.05) is 11.2 Å². The van der Waals surface area contributed by atoms with Gasteiger partial charge in [0.05, 0.1) is 21.2 Å². The molecule has 0 aliphatic carbocycles. The van der Waals surface area contributed by atoms with E-state index in [1.807, 2.05) is 0 Å². The van der Waals surface area contributed by atoms with Crippen LogP contribution in [-0.2, 0) is 0 Å². The first kappa shape index (κ1) is 15.6. The molecule has 2 aromatic rings. The van der Waals surface area contributed by atoms with Crippen LogP contribution in [0.4, 0.5) is 5.82 Å². The maximum atomic E-state index is 12.1. The van der Waals surface area contributed by atoms with E-state index in [2.05, 4.69) is 10.3 Å². The molecule has 0 radical (unpaired) electrons. The molecule has 0 fully saturated rings. The van der Waals surface area contributed by atoms with E-state index < -0.39 is 11.9 Å². The number of carboxylic acids is 1. The minimum atomic E-state index is -1.11. The second kappa shape index (κ2) is 6.30. The number of aromatic nitrogens is 1. The van der Waals surface area contributed by atoms with E-state index in [-0.39, 0.29) is 32.0 Å². The van der Waals surface area contributed by atoms with Crippen molar-refractivity contribution in [2.75, 3.05) is 5.32 Å². The zero-order valence-corrected chi connectivity index (χ0v) is 12.5. The number of amides is 1. The van der Waals surface area contributed by atoms with Crippen molar-refractivity contribution in [3.8, 4) is 0 Å². The number of nitrogens with one attached hydrogen (secondary N) is 1. The molecule has 1 aromatic heterocycles. The first-order valence-electron chi connectivity index (χ1n) is 5.53. The van der Waals surface area contributed by atoms with Gasteiger partial charge in [0.15, 0.2) is 0 Å². The molecule has 0 aliphatic heterocycles. The second-order valence-electron chi connectivity index (χ2n) is 3.94. The van der Waals surface area contributed by atoms with Gasteiger partial charge in [-0.15, -0.1) is 0 Å². The monoisotopic (exact) mass is 344 g/mol. The third kappa shape index (κ3) is 3.64. The van der Waals surface area contributed by atoms with Crippen molar-refractivity contribution in [3.63, 3.8) is 0 Å². The van der Waals surface area contributed by atoms with Gasteiger partial charge >= 0.3 is 5.97 Å². The Morgan fingerprint density at radius 2 is 1.86 bits per heavy atom. The van der Waals surface area contributed by atoms with Crippen molar-refractivity contribution in [1.82, 2.24) is 4.98 Å². The van der Waals surface area contributed by atoms with Gasteiger partial charge in [-0.05, 0) is 24.3 Å². The highest BCUT2D eigenvalue weighted by atomic mass is 35.5. The molecule has 0 spiro atoms. The van der Waals surface area contributed by atoms with Crippen molar-refractivity contribution in [3.05, 3.63) is 56.7 Å². The van der Waals surface area contributed by atoms with Crippen molar-refractivity contribution in [1.29, 1.82) is 0 Å². The summed E-state index contributed by atoms with van der Waals surface area (Å²) in [5, 5.41) is 11.7. The summed E-state index contributed by atoms with van der Waals surface area (Å²) in [7, 11) is 0. The summed E-state index contributed by atoms with van der Waals surface area (Å²) in [4.78, 5) is 26.6. The number of hydrogen-bond donors (Lipinski definition) is 2. The zero-order valence-electron chi connectivity index (χ0n) is 10.2. The summed E-state index contributed by atoms with van der Waals surface area (Å²) < 4.78 is 0. The third-order valence-corrected chi connectivity index (χ3v) is 3.51. The van der Waals surface area contributed by atoms with Crippen LogP contribution in [0.1, 0.15) is 20.7 Å². The molecule has 2 rings (SSSR count). The van der Waals surface area contributed by atoms with Gasteiger partial charge < -0.3 is 10.4 Å². The van der Waals surface area contributed by atoms with Crippen molar-refractivity contribution >= 4 is 52.5 Å². The summed E-state index contributed by atoms with van der Waals surface area (Å²) in [6, 6.07) is 5.47. The van der Waals surface area contributed by atoms with Crippen molar-refractivity contribution in [2.45, 2.75) is 0 Å². The lowest BCUT2D eigenvalue weighted by Gasteiger charge is -2.08. The summed E-state index contributed by atoms with van der Waals surface area (Å²) in [6.07, 6.45) is 1.13. The quantitative estimate of drug-likeness (QED) is 0.824. The SMILES string of the molecule is O=C(O)c1ccc(NC(=O)c2cc(Cl)cc(Cl)c2Cl)nc1. The van der Waals surface area contributed by atoms with Crippen LogP contribution in [0.25, 0.3) is 0 Å². The summed E-state index contributed by atoms with van der Waals surface area (Å²) in [5.41, 5.74) is 0.107. The van der Waals surface area contributed by atoms with E-state index in [1.165, 1.54) is 24.3 Å². The van der Waals surface area contributed by atoms with Gasteiger partial charge in [-0.3, -0.25) is 4.79 Å². The van der Waals surface area contributed by atoms with Crippen molar-refractivity contribution < 1.29 is 14.7 Å². The summed E-state index contributed by atoms with van der Waals surface area (Å²) in [6.45, 7) is 0. The Morgan fingerprint density at radius 3 is 2.43 bits per heavy atom. The largest absolute Gasteiger partial charge is 0.478 e. The van der Waals surface area contributed by atoms with Gasteiger partial charge in [0.25, 0.3) is 5.91 Å². The van der Waals surface area contributed by atoms with Crippen LogP contribution >= 0.6 is 34.8 Å². The molecule has 0 unspecified atom stereocenters. The van der Waals surface area contributed by atoms with E-state index in [4.69, 9.17) is 39.9 Å². The number of halogens is 3. The van der Waals surface area contributed by atoms with E-state index in [0.29, 0.717) is 0 Å². The van der Waals surface area contributed by atoms with E-state index in [0.717, 1.165) is 6.20 Å². The first-order chi connectivity index (χ1) is 9.88. The molecule has 1 heterocycles. The molecule has 1 aromatic carbocycles. The number of rotatable bonds is 3. The molecule has 0 aliphatic rings. The topological polar surface area (TPSA) is 79.3 Å². The summed E-state index contributed by atoms with van der Waals surface area (Å²) >= 11 is 17.6. The van der Waals surface area contributed by atoms with Crippen LogP contribution in [0.3, 0.4) is 0 Å². The lowest BCUT2D eigenvalue weighted by molar-refractivity contribution is 0.0696. The van der Waals surface area contributed by atoms with Crippen molar-refractivity contribution in [2.24, 2.45) is 0 Å². The molecule has 108 valence electrons. The van der Waals surface area contributed by atoms with Gasteiger partial charge in [0.1, 0.15) is 5.82 Å². The Balaban J connectivity index is 2.24. The molecule has 2 N–H and O–H groups in total. The van der Waals surface area contributed by atoms with Gasteiger partial charge in [0.2, 0.25) is 0 Å². The lowest BCUT2D eigenvalue weighted by atomic mass is 10.2. The van der Waals surface area contributed by atoms with E-state index in [9.17, 15) is 9.59 Å². The molecule has 0 atom stereocenters. The second-order valence-corrected chi connectivity index (χ2v) is 5.16. The Morgan fingerprint density at radius 1 is 1.14 bits per heavy atom. The minimum Gasteiger partial charge on any atom is -0.478 e. The standard InChI is InChI=1S/C13H7Cl3N2O3/c14-7-3-8(11(16)9(15)4-7)12(19)18-10-2-1-6(5-17-10)13(20)21/h1-5H,(H,20,21)(H,17,18,19). The fourth-order valence-electron chi connectivity index (χ4n) is 1.50. The minimum absolute atomic E-state index is 0.0110. The van der Waals surface area contributed by atoms with Gasteiger partial charge in [-0.1, -0.05) is 34.8 Å². The maximum Gasteiger partial charge on any atom is 0.337 e. The zero-order chi connectivity index (χ0) is 15.6. The number of nitrogens with zero attached hydrogens (tertiary/aromatic N) is 1. The normalized spacial score (nSPS) is 10.2. The fraction of sp³-hybridized carbons (Fsp3) is 0. The average Bonchev–Trinajstić information content (AvgIpc) is 2.43. The highest BCUT2D eigenvalue weighted by Crippen LogP contribution is 2.30. The van der Waals surface area contributed by atoms with Crippen LogP contribution in [0.2, 0.25) is 15.1 Å². The third-order valence-electron chi connectivity index (χ3n) is 2.49. The fourth-order valence-corrected chi connectivity index (χ4v) is 2.19.